The Labute approximate surface area is 171 Å². The van der Waals surface area contributed by atoms with Crippen LogP contribution in [0.3, 0.4) is 0 Å². The van der Waals surface area contributed by atoms with Gasteiger partial charge in [-0.25, -0.2) is 4.39 Å². The molecule has 0 bridgehead atoms. The predicted molar refractivity (Wildman–Crippen MR) is 114 cm³/mol. The number of fused-ring (bicyclic) bond motifs is 1. The molecule has 1 aromatic heterocycles. The number of benzene rings is 2. The van der Waals surface area contributed by atoms with Crippen molar-refractivity contribution in [3.63, 3.8) is 0 Å². The second-order valence-electron chi connectivity index (χ2n) is 8.11. The fraction of sp³-hybridized carbons (Fsp3) is 0.333. The van der Waals surface area contributed by atoms with Crippen molar-refractivity contribution in [2.24, 2.45) is 11.3 Å². The van der Waals surface area contributed by atoms with Gasteiger partial charge in [-0.2, -0.15) is 5.06 Å². The molecule has 4 nitrogen and oxygen atoms in total. The second-order valence-corrected chi connectivity index (χ2v) is 8.11. The largest absolute Gasteiger partial charge is 0.272 e. The molecular formula is C24H27FN2O2. The summed E-state index contributed by atoms with van der Waals surface area (Å²) >= 11 is 0. The molecule has 1 heterocycles. The molecule has 2 aromatic carbocycles. The molecule has 0 saturated heterocycles. The summed E-state index contributed by atoms with van der Waals surface area (Å²) in [5.74, 6) is -0.205. The Morgan fingerprint density at radius 2 is 1.90 bits per heavy atom. The number of pyridine rings is 1. The average molecular weight is 394 g/mol. The summed E-state index contributed by atoms with van der Waals surface area (Å²) in [5, 5.41) is 1.90. The summed E-state index contributed by atoms with van der Waals surface area (Å²) in [7, 11) is 1.46. The van der Waals surface area contributed by atoms with Crippen LogP contribution in [-0.4, -0.2) is 18.0 Å². The Hall–Kier alpha value is -2.79. The van der Waals surface area contributed by atoms with Crippen molar-refractivity contribution in [3.05, 3.63) is 72.2 Å². The van der Waals surface area contributed by atoms with E-state index in [0.717, 1.165) is 5.56 Å². The highest BCUT2D eigenvalue weighted by atomic mass is 19.1. The van der Waals surface area contributed by atoms with Crippen molar-refractivity contribution in [1.82, 2.24) is 4.98 Å². The molecular weight excluding hydrogens is 367 g/mol. The van der Waals surface area contributed by atoms with Crippen molar-refractivity contribution in [2.45, 2.75) is 33.6 Å². The van der Waals surface area contributed by atoms with E-state index in [1.165, 1.54) is 24.4 Å². The Morgan fingerprint density at radius 1 is 1.17 bits per heavy atom. The number of hydroxylamine groups is 1. The van der Waals surface area contributed by atoms with E-state index in [4.69, 9.17) is 4.84 Å². The summed E-state index contributed by atoms with van der Waals surface area (Å²) in [6, 6.07) is 16.5. The number of hydrogen-bond acceptors (Lipinski definition) is 3. The van der Waals surface area contributed by atoms with Gasteiger partial charge in [0, 0.05) is 5.39 Å². The predicted octanol–water partition coefficient (Wildman–Crippen LogP) is 5.56. The molecule has 0 radical (unpaired) electrons. The number of carbonyl (C=O) groups excluding carboxylic acids is 1. The number of hydrogen-bond donors (Lipinski definition) is 0. The maximum absolute atomic E-state index is 14.0. The van der Waals surface area contributed by atoms with Crippen LogP contribution in [0.15, 0.2) is 60.8 Å². The van der Waals surface area contributed by atoms with Gasteiger partial charge < -0.3 is 0 Å². The molecule has 0 spiro atoms. The van der Waals surface area contributed by atoms with Crippen LogP contribution in [0.25, 0.3) is 10.9 Å². The van der Waals surface area contributed by atoms with Gasteiger partial charge in [0.2, 0.25) is 0 Å². The lowest BCUT2D eigenvalue weighted by atomic mass is 9.76. The monoisotopic (exact) mass is 394 g/mol. The highest BCUT2D eigenvalue weighted by molar-refractivity contribution is 5.97. The average Bonchev–Trinajstić information content (AvgIpc) is 2.68. The minimum absolute atomic E-state index is 0.143. The van der Waals surface area contributed by atoms with E-state index in [1.807, 2.05) is 37.3 Å². The van der Waals surface area contributed by atoms with Gasteiger partial charge in [0.25, 0.3) is 5.91 Å². The quantitative estimate of drug-likeness (QED) is 0.493. The molecule has 1 unspecified atom stereocenters. The van der Waals surface area contributed by atoms with Gasteiger partial charge in [-0.1, -0.05) is 63.2 Å². The van der Waals surface area contributed by atoms with Crippen molar-refractivity contribution >= 4 is 22.5 Å². The van der Waals surface area contributed by atoms with Crippen LogP contribution in [0.5, 0.6) is 0 Å². The molecule has 0 aliphatic carbocycles. The normalized spacial score (nSPS) is 13.4. The van der Waals surface area contributed by atoms with Crippen LogP contribution in [0.2, 0.25) is 0 Å². The second kappa shape index (κ2) is 8.70. The van der Waals surface area contributed by atoms with Crippen molar-refractivity contribution in [3.8, 4) is 0 Å². The maximum atomic E-state index is 14.0. The molecule has 1 atom stereocenters. The Balaban J connectivity index is 1.98. The molecule has 29 heavy (non-hydrogen) atoms. The minimum Gasteiger partial charge on any atom is -0.272 e. The standard InChI is InChI=1S/C24H27FN2O2/c1-17(2)14-24(3,15-18-9-6-5-7-10-18)23(28)27(29-4)20-13-19-11-8-12-21(25)22(19)26-16-20/h5-13,16-17H,14-15H2,1-4H3. The lowest BCUT2D eigenvalue weighted by Gasteiger charge is -2.34. The van der Waals surface area contributed by atoms with Crippen molar-refractivity contribution in [2.75, 3.05) is 12.2 Å². The molecule has 3 aromatic rings. The summed E-state index contributed by atoms with van der Waals surface area (Å²) < 4.78 is 14.0. The minimum atomic E-state index is -0.664. The lowest BCUT2D eigenvalue weighted by Crippen LogP contribution is -2.44. The van der Waals surface area contributed by atoms with E-state index >= 15 is 0 Å². The van der Waals surface area contributed by atoms with Crippen LogP contribution in [0.4, 0.5) is 10.1 Å². The maximum Gasteiger partial charge on any atom is 0.257 e. The number of amides is 1. The van der Waals surface area contributed by atoms with Gasteiger partial charge in [0.1, 0.15) is 11.3 Å². The Kier molecular flexibility index (Phi) is 6.28. The molecule has 1 amide bonds. The topological polar surface area (TPSA) is 42.4 Å². The van der Waals surface area contributed by atoms with E-state index in [1.54, 1.807) is 18.2 Å². The van der Waals surface area contributed by atoms with Crippen LogP contribution < -0.4 is 5.06 Å². The molecule has 0 saturated carbocycles. The van der Waals surface area contributed by atoms with Crippen molar-refractivity contribution in [1.29, 1.82) is 0 Å². The number of para-hydroxylation sites is 1. The van der Waals surface area contributed by atoms with Gasteiger partial charge >= 0.3 is 0 Å². The van der Waals surface area contributed by atoms with Crippen LogP contribution >= 0.6 is 0 Å². The smallest absolute Gasteiger partial charge is 0.257 e. The Bertz CT molecular complexity index is 991. The molecule has 0 aliphatic rings. The summed E-state index contributed by atoms with van der Waals surface area (Å²) in [5.41, 5.74) is 1.19. The van der Waals surface area contributed by atoms with Crippen molar-refractivity contribution < 1.29 is 14.0 Å². The first-order valence-electron chi connectivity index (χ1n) is 9.81. The first-order valence-corrected chi connectivity index (χ1v) is 9.81. The van der Waals surface area contributed by atoms with E-state index in [-0.39, 0.29) is 11.4 Å². The van der Waals surface area contributed by atoms with E-state index in [9.17, 15) is 9.18 Å². The van der Waals surface area contributed by atoms with Gasteiger partial charge in [0.05, 0.1) is 24.4 Å². The number of aromatic nitrogens is 1. The van der Waals surface area contributed by atoms with E-state index in [0.29, 0.717) is 29.8 Å². The first kappa shape index (κ1) is 20.9. The zero-order valence-corrected chi connectivity index (χ0v) is 17.4. The number of anilines is 1. The molecule has 0 aliphatic heterocycles. The number of halogens is 1. The third kappa shape index (κ3) is 4.62. The van der Waals surface area contributed by atoms with E-state index in [2.05, 4.69) is 18.8 Å². The molecule has 152 valence electrons. The highest BCUT2D eigenvalue weighted by Crippen LogP contribution is 2.35. The first-order chi connectivity index (χ1) is 13.8. The number of nitrogens with zero attached hydrogens (tertiary/aromatic N) is 2. The van der Waals surface area contributed by atoms with Gasteiger partial charge in [-0.3, -0.25) is 14.6 Å². The zero-order valence-electron chi connectivity index (χ0n) is 17.4. The van der Waals surface area contributed by atoms with Crippen LogP contribution in [0.1, 0.15) is 32.8 Å². The van der Waals surface area contributed by atoms with Crippen LogP contribution in [-0.2, 0) is 16.1 Å². The zero-order chi connectivity index (χ0) is 21.0. The fourth-order valence-corrected chi connectivity index (χ4v) is 3.96. The molecule has 5 heteroatoms. The third-order valence-electron chi connectivity index (χ3n) is 5.06. The summed E-state index contributed by atoms with van der Waals surface area (Å²) in [6.45, 7) is 6.19. The third-order valence-corrected chi connectivity index (χ3v) is 5.06. The molecule has 3 rings (SSSR count). The van der Waals surface area contributed by atoms with E-state index < -0.39 is 11.2 Å². The number of rotatable bonds is 7. The molecule has 0 N–H and O–H groups in total. The van der Waals surface area contributed by atoms with Gasteiger partial charge in [-0.05, 0) is 36.5 Å². The van der Waals surface area contributed by atoms with Gasteiger partial charge in [-0.15, -0.1) is 0 Å². The summed E-state index contributed by atoms with van der Waals surface area (Å²) in [6.07, 6.45) is 2.78. The molecule has 0 fully saturated rings. The van der Waals surface area contributed by atoms with Gasteiger partial charge in [0.15, 0.2) is 0 Å². The van der Waals surface area contributed by atoms with Crippen LogP contribution in [0, 0.1) is 17.2 Å². The lowest BCUT2D eigenvalue weighted by molar-refractivity contribution is -0.135. The Morgan fingerprint density at radius 3 is 2.55 bits per heavy atom. The SMILES string of the molecule is CON(C(=O)C(C)(Cc1ccccc1)CC(C)C)c1cnc2c(F)cccc2c1. The highest BCUT2D eigenvalue weighted by Gasteiger charge is 2.38. The summed E-state index contributed by atoms with van der Waals surface area (Å²) in [4.78, 5) is 23.3. The fourth-order valence-electron chi connectivity index (χ4n) is 3.96. The number of carbonyl (C=O) groups is 1.